The maximum absolute atomic E-state index is 12.3. The molecule has 3 nitrogen and oxygen atoms in total. The highest BCUT2D eigenvalue weighted by Crippen LogP contribution is 2.21. The first-order chi connectivity index (χ1) is 8.61. The molecule has 0 saturated carbocycles. The SMILES string of the molecule is CCCN(CC)C(=O)C(C)C(N)c1ccccc1.Cl. The molecule has 2 unspecified atom stereocenters. The number of carbonyl (C=O) groups excluding carboxylic acids is 1. The molecule has 1 amide bonds. The third-order valence-corrected chi connectivity index (χ3v) is 3.30. The van der Waals surface area contributed by atoms with Crippen LogP contribution in [0.2, 0.25) is 0 Å². The topological polar surface area (TPSA) is 46.3 Å². The van der Waals surface area contributed by atoms with Crippen LogP contribution in [0, 0.1) is 5.92 Å². The van der Waals surface area contributed by atoms with Gasteiger partial charge in [-0.1, -0.05) is 44.2 Å². The van der Waals surface area contributed by atoms with Gasteiger partial charge in [-0.2, -0.15) is 0 Å². The Morgan fingerprint density at radius 3 is 2.32 bits per heavy atom. The minimum atomic E-state index is -0.232. The van der Waals surface area contributed by atoms with Gasteiger partial charge in [-0.15, -0.1) is 12.4 Å². The summed E-state index contributed by atoms with van der Waals surface area (Å²) in [4.78, 5) is 14.2. The second-order valence-electron chi connectivity index (χ2n) is 4.64. The van der Waals surface area contributed by atoms with Gasteiger partial charge in [0.25, 0.3) is 0 Å². The molecule has 0 aromatic heterocycles. The Morgan fingerprint density at radius 2 is 1.84 bits per heavy atom. The van der Waals surface area contributed by atoms with Gasteiger partial charge in [0.1, 0.15) is 0 Å². The lowest BCUT2D eigenvalue weighted by molar-refractivity contribution is -0.135. The van der Waals surface area contributed by atoms with Crippen LogP contribution in [-0.4, -0.2) is 23.9 Å². The molecule has 0 heterocycles. The van der Waals surface area contributed by atoms with E-state index in [9.17, 15) is 4.79 Å². The van der Waals surface area contributed by atoms with Crippen molar-refractivity contribution in [3.8, 4) is 0 Å². The van der Waals surface area contributed by atoms with Crippen LogP contribution in [0.4, 0.5) is 0 Å². The Morgan fingerprint density at radius 1 is 1.26 bits per heavy atom. The number of carbonyl (C=O) groups is 1. The van der Waals surface area contributed by atoms with Gasteiger partial charge in [-0.25, -0.2) is 0 Å². The predicted molar refractivity (Wildman–Crippen MR) is 82.3 cm³/mol. The standard InChI is InChI=1S/C15H24N2O.ClH/c1-4-11-17(5-2)15(18)12(3)14(16)13-9-7-6-8-10-13;/h6-10,12,14H,4-5,11,16H2,1-3H3;1H. The summed E-state index contributed by atoms with van der Waals surface area (Å²) in [5.41, 5.74) is 7.20. The predicted octanol–water partition coefficient (Wildman–Crippen LogP) is 3.00. The molecule has 0 bridgehead atoms. The van der Waals surface area contributed by atoms with E-state index in [1.54, 1.807) is 0 Å². The van der Waals surface area contributed by atoms with Crippen LogP contribution in [-0.2, 0) is 4.79 Å². The lowest BCUT2D eigenvalue weighted by Crippen LogP contribution is -2.39. The molecular formula is C15H25ClN2O. The van der Waals surface area contributed by atoms with Gasteiger partial charge in [0.05, 0.1) is 5.92 Å². The Hall–Kier alpha value is -1.06. The van der Waals surface area contributed by atoms with Gasteiger partial charge in [0, 0.05) is 19.1 Å². The van der Waals surface area contributed by atoms with E-state index in [1.807, 2.05) is 49.1 Å². The summed E-state index contributed by atoms with van der Waals surface area (Å²) in [5.74, 6) is -0.0328. The normalized spacial score (nSPS) is 13.3. The summed E-state index contributed by atoms with van der Waals surface area (Å²) >= 11 is 0. The number of halogens is 1. The van der Waals surface area contributed by atoms with Crippen LogP contribution in [0.3, 0.4) is 0 Å². The number of benzene rings is 1. The van der Waals surface area contributed by atoms with Crippen LogP contribution in [0.1, 0.15) is 38.8 Å². The first-order valence-electron chi connectivity index (χ1n) is 6.71. The van der Waals surface area contributed by atoms with E-state index in [0.717, 1.165) is 25.1 Å². The zero-order valence-corrected chi connectivity index (χ0v) is 12.8. The van der Waals surface area contributed by atoms with Crippen molar-refractivity contribution in [1.29, 1.82) is 0 Å². The van der Waals surface area contributed by atoms with E-state index in [2.05, 4.69) is 6.92 Å². The average Bonchev–Trinajstić information content (AvgIpc) is 2.43. The molecule has 0 aliphatic rings. The van der Waals surface area contributed by atoms with Crippen molar-refractivity contribution in [2.75, 3.05) is 13.1 Å². The number of rotatable bonds is 6. The molecule has 0 spiro atoms. The molecule has 4 heteroatoms. The first kappa shape index (κ1) is 17.9. The summed E-state index contributed by atoms with van der Waals surface area (Å²) in [6, 6.07) is 9.59. The van der Waals surface area contributed by atoms with Gasteiger partial charge in [-0.05, 0) is 18.9 Å². The maximum Gasteiger partial charge on any atom is 0.227 e. The Balaban J connectivity index is 0.00000324. The van der Waals surface area contributed by atoms with Crippen molar-refractivity contribution in [2.45, 2.75) is 33.2 Å². The highest BCUT2D eigenvalue weighted by Gasteiger charge is 2.25. The van der Waals surface area contributed by atoms with E-state index < -0.39 is 0 Å². The van der Waals surface area contributed by atoms with E-state index in [4.69, 9.17) is 5.73 Å². The third-order valence-electron chi connectivity index (χ3n) is 3.30. The van der Waals surface area contributed by atoms with E-state index in [1.165, 1.54) is 0 Å². The molecule has 1 aromatic rings. The van der Waals surface area contributed by atoms with Crippen LogP contribution >= 0.6 is 12.4 Å². The minimum Gasteiger partial charge on any atom is -0.343 e. The second-order valence-corrected chi connectivity index (χ2v) is 4.64. The fourth-order valence-corrected chi connectivity index (χ4v) is 2.10. The molecular weight excluding hydrogens is 260 g/mol. The van der Waals surface area contributed by atoms with Crippen LogP contribution in [0.15, 0.2) is 30.3 Å². The molecule has 108 valence electrons. The van der Waals surface area contributed by atoms with Gasteiger partial charge >= 0.3 is 0 Å². The molecule has 0 aliphatic heterocycles. The maximum atomic E-state index is 12.3. The molecule has 0 saturated heterocycles. The van der Waals surface area contributed by atoms with E-state index in [-0.39, 0.29) is 30.3 Å². The highest BCUT2D eigenvalue weighted by molar-refractivity contribution is 5.85. The molecule has 0 radical (unpaired) electrons. The molecule has 0 aliphatic carbocycles. The van der Waals surface area contributed by atoms with Crippen molar-refractivity contribution < 1.29 is 4.79 Å². The summed E-state index contributed by atoms with van der Waals surface area (Å²) in [5, 5.41) is 0. The Labute approximate surface area is 122 Å². The quantitative estimate of drug-likeness (QED) is 0.873. The Bertz CT molecular complexity index is 370. The number of hydrogen-bond acceptors (Lipinski definition) is 2. The highest BCUT2D eigenvalue weighted by atomic mass is 35.5. The van der Waals surface area contributed by atoms with Crippen molar-refractivity contribution in [3.05, 3.63) is 35.9 Å². The van der Waals surface area contributed by atoms with Crippen LogP contribution in [0.25, 0.3) is 0 Å². The molecule has 2 atom stereocenters. The van der Waals surface area contributed by atoms with E-state index in [0.29, 0.717) is 0 Å². The summed E-state index contributed by atoms with van der Waals surface area (Å²) in [6.07, 6.45) is 0.979. The molecule has 1 rings (SSSR count). The van der Waals surface area contributed by atoms with E-state index >= 15 is 0 Å². The summed E-state index contributed by atoms with van der Waals surface area (Å²) < 4.78 is 0. The summed E-state index contributed by atoms with van der Waals surface area (Å²) in [7, 11) is 0. The van der Waals surface area contributed by atoms with Crippen molar-refractivity contribution >= 4 is 18.3 Å². The number of nitrogens with two attached hydrogens (primary N) is 1. The van der Waals surface area contributed by atoms with Crippen molar-refractivity contribution in [1.82, 2.24) is 4.90 Å². The molecule has 19 heavy (non-hydrogen) atoms. The monoisotopic (exact) mass is 284 g/mol. The number of hydrogen-bond donors (Lipinski definition) is 1. The van der Waals surface area contributed by atoms with Crippen molar-refractivity contribution in [3.63, 3.8) is 0 Å². The van der Waals surface area contributed by atoms with Crippen LogP contribution in [0.5, 0.6) is 0 Å². The van der Waals surface area contributed by atoms with Gasteiger partial charge in [-0.3, -0.25) is 4.79 Å². The fraction of sp³-hybridized carbons (Fsp3) is 0.533. The van der Waals surface area contributed by atoms with Gasteiger partial charge < -0.3 is 10.6 Å². The molecule has 1 aromatic carbocycles. The smallest absolute Gasteiger partial charge is 0.227 e. The minimum absolute atomic E-state index is 0. The molecule has 2 N–H and O–H groups in total. The number of amides is 1. The lowest BCUT2D eigenvalue weighted by atomic mass is 9.94. The first-order valence-corrected chi connectivity index (χ1v) is 6.71. The zero-order valence-electron chi connectivity index (χ0n) is 12.0. The van der Waals surface area contributed by atoms with Crippen LogP contribution < -0.4 is 5.73 Å². The molecule has 0 fully saturated rings. The average molecular weight is 285 g/mol. The second kappa shape index (κ2) is 8.94. The lowest BCUT2D eigenvalue weighted by Gasteiger charge is -2.27. The van der Waals surface area contributed by atoms with Gasteiger partial charge in [0.15, 0.2) is 0 Å². The Kier molecular flexibility index (Phi) is 8.44. The van der Waals surface area contributed by atoms with Crippen molar-refractivity contribution in [2.24, 2.45) is 11.7 Å². The number of nitrogens with zero attached hydrogens (tertiary/aromatic N) is 1. The third kappa shape index (κ3) is 4.84. The summed E-state index contributed by atoms with van der Waals surface area (Å²) in [6.45, 7) is 7.56. The fourth-order valence-electron chi connectivity index (χ4n) is 2.10. The van der Waals surface area contributed by atoms with Gasteiger partial charge in [0.2, 0.25) is 5.91 Å². The largest absolute Gasteiger partial charge is 0.343 e. The zero-order chi connectivity index (χ0) is 13.5.